The van der Waals surface area contributed by atoms with E-state index in [1.807, 2.05) is 24.3 Å². The zero-order chi connectivity index (χ0) is 14.9. The second kappa shape index (κ2) is 5.70. The third-order valence-corrected chi connectivity index (χ3v) is 4.72. The lowest BCUT2D eigenvalue weighted by molar-refractivity contribution is -0.103. The van der Waals surface area contributed by atoms with Gasteiger partial charge in [0.15, 0.2) is 6.23 Å². The number of fused-ring (bicyclic) bond motifs is 1. The number of hydrogen-bond donors (Lipinski definition) is 1. The molecule has 1 atom stereocenters. The van der Waals surface area contributed by atoms with Crippen LogP contribution in [0.3, 0.4) is 0 Å². The summed E-state index contributed by atoms with van der Waals surface area (Å²) in [5.41, 5.74) is 3.10. The normalized spacial score (nSPS) is 19.7. The Morgan fingerprint density at radius 2 is 1.71 bits per heavy atom. The van der Waals surface area contributed by atoms with Gasteiger partial charge in [-0.15, -0.1) is 0 Å². The standard InChI is InChI=1S/C18H20ClNO/c1-3-18(4-2)14-10-6-8-12-16(14)20-17(21-18)13-9-5-7-11-15(13)19/h5-12,17,20H,3-4H2,1-2H3/t17-/m0/s1. The van der Waals surface area contributed by atoms with E-state index in [4.69, 9.17) is 16.3 Å². The van der Waals surface area contributed by atoms with Crippen LogP contribution in [0.1, 0.15) is 44.0 Å². The molecule has 1 heterocycles. The molecule has 21 heavy (non-hydrogen) atoms. The highest BCUT2D eigenvalue weighted by molar-refractivity contribution is 6.31. The Morgan fingerprint density at radius 1 is 1.05 bits per heavy atom. The molecule has 3 heteroatoms. The predicted molar refractivity (Wildman–Crippen MR) is 87.6 cm³/mol. The van der Waals surface area contributed by atoms with Crippen LogP contribution in [0, 0.1) is 0 Å². The highest BCUT2D eigenvalue weighted by atomic mass is 35.5. The fraction of sp³-hybridized carbons (Fsp3) is 0.333. The first-order valence-corrected chi connectivity index (χ1v) is 7.86. The lowest BCUT2D eigenvalue weighted by Gasteiger charge is -2.43. The van der Waals surface area contributed by atoms with Crippen molar-refractivity contribution in [3.05, 3.63) is 64.7 Å². The summed E-state index contributed by atoms with van der Waals surface area (Å²) < 4.78 is 6.47. The van der Waals surface area contributed by atoms with Gasteiger partial charge < -0.3 is 10.1 Å². The summed E-state index contributed by atoms with van der Waals surface area (Å²) >= 11 is 6.34. The first-order chi connectivity index (χ1) is 10.2. The van der Waals surface area contributed by atoms with Crippen molar-refractivity contribution in [3.63, 3.8) is 0 Å². The van der Waals surface area contributed by atoms with Crippen molar-refractivity contribution in [2.45, 2.75) is 38.5 Å². The first-order valence-electron chi connectivity index (χ1n) is 7.48. The molecule has 1 N–H and O–H groups in total. The maximum absolute atomic E-state index is 6.47. The smallest absolute Gasteiger partial charge is 0.156 e. The van der Waals surface area contributed by atoms with Crippen molar-refractivity contribution in [2.75, 3.05) is 5.32 Å². The number of para-hydroxylation sites is 1. The molecule has 0 fully saturated rings. The van der Waals surface area contributed by atoms with E-state index in [0.29, 0.717) is 0 Å². The van der Waals surface area contributed by atoms with E-state index in [0.717, 1.165) is 29.1 Å². The summed E-state index contributed by atoms with van der Waals surface area (Å²) in [6, 6.07) is 16.2. The molecular weight excluding hydrogens is 282 g/mol. The number of anilines is 1. The molecule has 3 rings (SSSR count). The van der Waals surface area contributed by atoms with Crippen LogP contribution in [0.5, 0.6) is 0 Å². The molecule has 0 unspecified atom stereocenters. The van der Waals surface area contributed by atoms with Crippen molar-refractivity contribution in [2.24, 2.45) is 0 Å². The number of hydrogen-bond acceptors (Lipinski definition) is 2. The fourth-order valence-corrected chi connectivity index (χ4v) is 3.33. The summed E-state index contributed by atoms with van der Waals surface area (Å²) in [5, 5.41) is 4.20. The quantitative estimate of drug-likeness (QED) is 0.808. The number of benzene rings is 2. The van der Waals surface area contributed by atoms with Crippen LogP contribution in [-0.4, -0.2) is 0 Å². The SMILES string of the molecule is CCC1(CC)O[C@@H](c2ccccc2Cl)Nc2ccccc21. The van der Waals surface area contributed by atoms with E-state index in [1.54, 1.807) is 0 Å². The molecule has 2 aromatic carbocycles. The zero-order valence-electron chi connectivity index (χ0n) is 12.4. The largest absolute Gasteiger partial charge is 0.356 e. The average molecular weight is 302 g/mol. The molecule has 0 aromatic heterocycles. The Balaban J connectivity index is 2.08. The monoisotopic (exact) mass is 301 g/mol. The Labute approximate surface area is 131 Å². The van der Waals surface area contributed by atoms with Gasteiger partial charge in [-0.1, -0.05) is 61.8 Å². The maximum Gasteiger partial charge on any atom is 0.156 e. The molecule has 0 radical (unpaired) electrons. The second-order valence-corrected chi connectivity index (χ2v) is 5.82. The molecule has 0 saturated heterocycles. The molecule has 0 bridgehead atoms. The summed E-state index contributed by atoms with van der Waals surface area (Å²) in [6.45, 7) is 4.35. The Bertz CT molecular complexity index is 637. The van der Waals surface area contributed by atoms with Crippen molar-refractivity contribution in [3.8, 4) is 0 Å². The highest BCUT2D eigenvalue weighted by Gasteiger charge is 2.39. The molecule has 0 aliphatic carbocycles. The molecule has 0 amide bonds. The first kappa shape index (κ1) is 14.4. The van der Waals surface area contributed by atoms with Crippen LogP contribution in [0.15, 0.2) is 48.5 Å². The van der Waals surface area contributed by atoms with E-state index in [2.05, 4.69) is 43.4 Å². The molecule has 2 aromatic rings. The van der Waals surface area contributed by atoms with Crippen LogP contribution in [-0.2, 0) is 10.3 Å². The van der Waals surface area contributed by atoms with Crippen LogP contribution >= 0.6 is 11.6 Å². The van der Waals surface area contributed by atoms with E-state index in [-0.39, 0.29) is 11.8 Å². The molecule has 1 aliphatic heterocycles. The second-order valence-electron chi connectivity index (χ2n) is 5.41. The van der Waals surface area contributed by atoms with Crippen LogP contribution in [0.2, 0.25) is 5.02 Å². The number of nitrogens with one attached hydrogen (secondary N) is 1. The van der Waals surface area contributed by atoms with Gasteiger partial charge in [-0.05, 0) is 25.0 Å². The number of ether oxygens (including phenoxy) is 1. The van der Waals surface area contributed by atoms with Crippen molar-refractivity contribution in [1.82, 2.24) is 0 Å². The lowest BCUT2D eigenvalue weighted by atomic mass is 9.85. The van der Waals surface area contributed by atoms with E-state index < -0.39 is 0 Å². The molecular formula is C18H20ClNO. The van der Waals surface area contributed by atoms with Gasteiger partial charge in [0.05, 0.1) is 5.60 Å². The molecule has 0 saturated carbocycles. The number of rotatable bonds is 3. The van der Waals surface area contributed by atoms with Gasteiger partial charge in [0.1, 0.15) is 0 Å². The summed E-state index contributed by atoms with van der Waals surface area (Å²) in [6.07, 6.45) is 1.65. The van der Waals surface area contributed by atoms with Gasteiger partial charge in [0.2, 0.25) is 0 Å². The minimum absolute atomic E-state index is 0.214. The van der Waals surface area contributed by atoms with Gasteiger partial charge in [-0.2, -0.15) is 0 Å². The van der Waals surface area contributed by atoms with Gasteiger partial charge in [0.25, 0.3) is 0 Å². The van der Waals surface area contributed by atoms with Crippen molar-refractivity contribution in [1.29, 1.82) is 0 Å². The third-order valence-electron chi connectivity index (χ3n) is 4.38. The molecule has 110 valence electrons. The van der Waals surface area contributed by atoms with Gasteiger partial charge in [-0.3, -0.25) is 0 Å². The fourth-order valence-electron chi connectivity index (χ4n) is 3.09. The van der Waals surface area contributed by atoms with Gasteiger partial charge >= 0.3 is 0 Å². The maximum atomic E-state index is 6.47. The topological polar surface area (TPSA) is 21.3 Å². The van der Waals surface area contributed by atoms with Crippen LogP contribution < -0.4 is 5.32 Å². The van der Waals surface area contributed by atoms with Crippen LogP contribution in [0.25, 0.3) is 0 Å². The van der Waals surface area contributed by atoms with E-state index >= 15 is 0 Å². The van der Waals surface area contributed by atoms with Gasteiger partial charge in [0, 0.05) is 21.8 Å². The summed E-state index contributed by atoms with van der Waals surface area (Å²) in [5.74, 6) is 0. The molecule has 1 aliphatic rings. The minimum Gasteiger partial charge on any atom is -0.356 e. The van der Waals surface area contributed by atoms with Crippen molar-refractivity contribution >= 4 is 17.3 Å². The average Bonchev–Trinajstić information content (AvgIpc) is 2.54. The van der Waals surface area contributed by atoms with Crippen LogP contribution in [0.4, 0.5) is 5.69 Å². The number of halogens is 1. The summed E-state index contributed by atoms with van der Waals surface area (Å²) in [7, 11) is 0. The Kier molecular flexibility index (Phi) is 3.92. The highest BCUT2D eigenvalue weighted by Crippen LogP contribution is 2.46. The predicted octanol–water partition coefficient (Wildman–Crippen LogP) is 5.50. The third kappa shape index (κ3) is 2.43. The minimum atomic E-state index is -0.258. The molecule has 2 nitrogen and oxygen atoms in total. The van der Waals surface area contributed by atoms with E-state index in [9.17, 15) is 0 Å². The molecule has 0 spiro atoms. The summed E-state index contributed by atoms with van der Waals surface area (Å²) in [4.78, 5) is 0. The Morgan fingerprint density at radius 3 is 2.43 bits per heavy atom. The van der Waals surface area contributed by atoms with Crippen molar-refractivity contribution < 1.29 is 4.74 Å². The Hall–Kier alpha value is -1.51. The lowest BCUT2D eigenvalue weighted by Crippen LogP contribution is -2.38. The zero-order valence-corrected chi connectivity index (χ0v) is 13.2. The van der Waals surface area contributed by atoms with Gasteiger partial charge in [-0.25, -0.2) is 0 Å². The van der Waals surface area contributed by atoms with E-state index in [1.165, 1.54) is 5.56 Å².